The van der Waals surface area contributed by atoms with Crippen molar-refractivity contribution in [2.45, 2.75) is 43.9 Å². The van der Waals surface area contributed by atoms with Gasteiger partial charge in [-0.15, -0.1) is 0 Å². The zero-order chi connectivity index (χ0) is 43.0. The Morgan fingerprint density at radius 1 is 0.597 bits per heavy atom. The number of rotatable bonds is 20. The summed E-state index contributed by atoms with van der Waals surface area (Å²) in [6.45, 7) is 2.68. The van der Waals surface area contributed by atoms with Crippen molar-refractivity contribution >= 4 is 29.3 Å². The Kier molecular flexibility index (Phi) is 14.4. The fraction of sp³-hybridized carbons (Fsp3) is 0.192. The standard InChI is InChI=1S/C52H51N5O5/c1-2-3-35-53-50(60)61-37-34-47(58)49(59)55-46-39-54-57(36-38-62-52(43-28-16-7-17-29-43,44-30-18-8-19-31-44)45-32-20-9-21-33-45)48(46)56-51(40-22-10-4-11-23-40,41-24-12-5-13-25-41)42-26-14-6-15-27-42/h4-33,39,56H,2-3,34-38H2,1H3,(H,53,60)(H,55,59). The molecule has 0 atom stereocenters. The number of nitrogens with zero attached hydrogens (tertiary/aromatic N) is 2. The average molecular weight is 826 g/mol. The van der Waals surface area contributed by atoms with Crippen LogP contribution in [-0.4, -0.2) is 47.3 Å². The van der Waals surface area contributed by atoms with Gasteiger partial charge in [-0.05, 0) is 39.8 Å². The fourth-order valence-corrected chi connectivity index (χ4v) is 7.75. The first-order valence-electron chi connectivity index (χ1n) is 21.0. The minimum absolute atomic E-state index is 0.189. The lowest BCUT2D eigenvalue weighted by atomic mass is 9.77. The van der Waals surface area contributed by atoms with Gasteiger partial charge in [-0.25, -0.2) is 9.48 Å². The smallest absolute Gasteiger partial charge is 0.407 e. The summed E-state index contributed by atoms with van der Waals surface area (Å²) in [6, 6.07) is 60.7. The van der Waals surface area contributed by atoms with E-state index in [2.05, 4.69) is 88.7 Å². The van der Waals surface area contributed by atoms with E-state index >= 15 is 0 Å². The van der Waals surface area contributed by atoms with Crippen LogP contribution in [0.3, 0.4) is 0 Å². The van der Waals surface area contributed by atoms with Gasteiger partial charge < -0.3 is 25.4 Å². The number of benzene rings is 6. The van der Waals surface area contributed by atoms with Crippen LogP contribution < -0.4 is 16.0 Å². The largest absolute Gasteiger partial charge is 0.449 e. The molecule has 0 radical (unpaired) electrons. The first-order chi connectivity index (χ1) is 30.5. The van der Waals surface area contributed by atoms with Crippen LogP contribution in [0.5, 0.6) is 0 Å². The molecule has 0 aliphatic rings. The number of carbonyl (C=O) groups excluding carboxylic acids is 3. The molecular weight excluding hydrogens is 775 g/mol. The summed E-state index contributed by atoms with van der Waals surface area (Å²) >= 11 is 0. The number of nitrogens with one attached hydrogen (secondary N) is 3. The van der Waals surface area contributed by atoms with Crippen molar-refractivity contribution in [1.82, 2.24) is 15.1 Å². The van der Waals surface area contributed by atoms with Crippen molar-refractivity contribution in [3.63, 3.8) is 0 Å². The van der Waals surface area contributed by atoms with Gasteiger partial charge in [-0.3, -0.25) is 9.59 Å². The number of unbranched alkanes of at least 4 members (excludes halogenated alkanes) is 1. The Hall–Kier alpha value is -7.30. The monoisotopic (exact) mass is 825 g/mol. The fourth-order valence-electron chi connectivity index (χ4n) is 7.75. The molecule has 10 heteroatoms. The van der Waals surface area contributed by atoms with E-state index < -0.39 is 28.9 Å². The van der Waals surface area contributed by atoms with Crippen LogP contribution in [0.15, 0.2) is 188 Å². The molecule has 0 saturated heterocycles. The maximum atomic E-state index is 13.6. The van der Waals surface area contributed by atoms with Crippen molar-refractivity contribution < 1.29 is 23.9 Å². The Morgan fingerprint density at radius 2 is 1.03 bits per heavy atom. The molecule has 0 aliphatic heterocycles. The molecule has 314 valence electrons. The van der Waals surface area contributed by atoms with Gasteiger partial charge in [0.2, 0.25) is 5.78 Å². The van der Waals surface area contributed by atoms with Gasteiger partial charge in [0, 0.05) is 6.54 Å². The molecule has 7 rings (SSSR count). The molecule has 0 fully saturated rings. The number of anilines is 2. The molecule has 62 heavy (non-hydrogen) atoms. The lowest BCUT2D eigenvalue weighted by molar-refractivity contribution is -0.135. The molecule has 0 bridgehead atoms. The second-order valence-corrected chi connectivity index (χ2v) is 14.8. The third-order valence-corrected chi connectivity index (χ3v) is 10.8. The summed E-state index contributed by atoms with van der Waals surface area (Å²) < 4.78 is 14.1. The third kappa shape index (κ3) is 9.67. The summed E-state index contributed by atoms with van der Waals surface area (Å²) in [4.78, 5) is 39.0. The summed E-state index contributed by atoms with van der Waals surface area (Å²) in [6.07, 6.45) is 2.34. The van der Waals surface area contributed by atoms with Gasteiger partial charge in [0.1, 0.15) is 29.3 Å². The van der Waals surface area contributed by atoms with E-state index in [0.29, 0.717) is 12.4 Å². The van der Waals surface area contributed by atoms with Crippen LogP contribution >= 0.6 is 0 Å². The van der Waals surface area contributed by atoms with Crippen molar-refractivity contribution in [2.24, 2.45) is 0 Å². The number of ether oxygens (including phenoxy) is 2. The summed E-state index contributed by atoms with van der Waals surface area (Å²) in [7, 11) is 0. The molecule has 0 aliphatic carbocycles. The molecular formula is C52H51N5O5. The highest BCUT2D eigenvalue weighted by atomic mass is 16.5. The molecule has 6 aromatic carbocycles. The van der Waals surface area contributed by atoms with E-state index in [9.17, 15) is 14.4 Å². The number of ketones is 1. The number of Topliss-reactive ketones (excluding diaryl/α,β-unsaturated/α-hetero) is 1. The summed E-state index contributed by atoms with van der Waals surface area (Å²) in [5, 5.41) is 14.2. The van der Waals surface area contributed by atoms with E-state index in [1.807, 2.05) is 116 Å². The Labute approximate surface area is 362 Å². The Morgan fingerprint density at radius 3 is 1.47 bits per heavy atom. The molecule has 10 nitrogen and oxygen atoms in total. The first kappa shape index (κ1) is 42.8. The molecule has 0 unspecified atom stereocenters. The predicted octanol–water partition coefficient (Wildman–Crippen LogP) is 9.72. The molecule has 1 heterocycles. The number of carbonyl (C=O) groups is 3. The molecule has 7 aromatic rings. The van der Waals surface area contributed by atoms with E-state index in [0.717, 1.165) is 46.2 Å². The van der Waals surface area contributed by atoms with Crippen LogP contribution in [0, 0.1) is 0 Å². The van der Waals surface area contributed by atoms with E-state index in [1.165, 1.54) is 6.20 Å². The Balaban J connectivity index is 1.27. The van der Waals surface area contributed by atoms with Gasteiger partial charge in [0.05, 0.1) is 25.8 Å². The van der Waals surface area contributed by atoms with Crippen molar-refractivity contribution in [1.29, 1.82) is 0 Å². The zero-order valence-electron chi connectivity index (χ0n) is 34.8. The SMILES string of the molecule is CCCCNC(=O)OCCC(=O)C(=O)Nc1cnn(CCOC(c2ccccc2)(c2ccccc2)c2ccccc2)c1NC(c1ccccc1)(c1ccccc1)c1ccccc1. The highest BCUT2D eigenvalue weighted by molar-refractivity contribution is 6.40. The van der Waals surface area contributed by atoms with Crippen LogP contribution in [0.4, 0.5) is 16.3 Å². The lowest BCUT2D eigenvalue weighted by Crippen LogP contribution is -2.39. The molecule has 2 amide bonds. The average Bonchev–Trinajstić information content (AvgIpc) is 3.70. The second kappa shape index (κ2) is 20.8. The maximum Gasteiger partial charge on any atom is 0.407 e. The van der Waals surface area contributed by atoms with Gasteiger partial charge in [0.15, 0.2) is 0 Å². The predicted molar refractivity (Wildman–Crippen MR) is 243 cm³/mol. The van der Waals surface area contributed by atoms with Gasteiger partial charge in [0.25, 0.3) is 5.91 Å². The highest BCUT2D eigenvalue weighted by Crippen LogP contribution is 2.43. The quantitative estimate of drug-likeness (QED) is 0.0397. The topological polar surface area (TPSA) is 124 Å². The van der Waals surface area contributed by atoms with E-state index in [-0.39, 0.29) is 31.9 Å². The van der Waals surface area contributed by atoms with Gasteiger partial charge >= 0.3 is 6.09 Å². The number of amides is 2. The van der Waals surface area contributed by atoms with Crippen LogP contribution in [-0.2, 0) is 36.7 Å². The Bertz CT molecular complexity index is 2290. The number of hydrogen-bond acceptors (Lipinski definition) is 7. The normalized spacial score (nSPS) is 11.4. The van der Waals surface area contributed by atoms with Crippen molar-refractivity contribution in [2.75, 3.05) is 30.4 Å². The van der Waals surface area contributed by atoms with Gasteiger partial charge in [-0.1, -0.05) is 195 Å². The molecule has 0 saturated carbocycles. The summed E-state index contributed by atoms with van der Waals surface area (Å²) in [5.41, 5.74) is 3.97. The van der Waals surface area contributed by atoms with Crippen LogP contribution in [0.25, 0.3) is 0 Å². The number of hydrogen-bond donors (Lipinski definition) is 3. The molecule has 1 aromatic heterocycles. The molecule has 3 N–H and O–H groups in total. The van der Waals surface area contributed by atoms with Crippen LogP contribution in [0.1, 0.15) is 59.6 Å². The molecule has 0 spiro atoms. The highest BCUT2D eigenvalue weighted by Gasteiger charge is 2.40. The summed E-state index contributed by atoms with van der Waals surface area (Å²) in [5.74, 6) is -1.16. The third-order valence-electron chi connectivity index (χ3n) is 10.8. The van der Waals surface area contributed by atoms with Crippen molar-refractivity contribution in [3.8, 4) is 0 Å². The van der Waals surface area contributed by atoms with E-state index in [4.69, 9.17) is 14.6 Å². The second-order valence-electron chi connectivity index (χ2n) is 14.8. The maximum absolute atomic E-state index is 13.6. The minimum Gasteiger partial charge on any atom is -0.449 e. The number of alkyl carbamates (subject to hydrolysis) is 1. The van der Waals surface area contributed by atoms with Gasteiger partial charge in [-0.2, -0.15) is 5.10 Å². The first-order valence-corrected chi connectivity index (χ1v) is 21.0. The van der Waals surface area contributed by atoms with Crippen LogP contribution in [0.2, 0.25) is 0 Å². The van der Waals surface area contributed by atoms with E-state index in [1.54, 1.807) is 4.68 Å². The minimum atomic E-state index is -1.01. The zero-order valence-corrected chi connectivity index (χ0v) is 34.8. The number of aromatic nitrogens is 2. The van der Waals surface area contributed by atoms with Crippen molar-refractivity contribution in [3.05, 3.63) is 222 Å². The lowest BCUT2D eigenvalue weighted by Gasteiger charge is -2.38.